The van der Waals surface area contributed by atoms with Crippen LogP contribution in [0.5, 0.6) is 0 Å². The Morgan fingerprint density at radius 1 is 1.04 bits per heavy atom. The van der Waals surface area contributed by atoms with Crippen molar-refractivity contribution in [3.8, 4) is 0 Å². The van der Waals surface area contributed by atoms with E-state index < -0.39 is 0 Å². The van der Waals surface area contributed by atoms with Crippen LogP contribution in [0, 0.1) is 5.92 Å². The van der Waals surface area contributed by atoms with Gasteiger partial charge in [-0.05, 0) is 29.5 Å². The zero-order chi connectivity index (χ0) is 18.5. The number of hydrogen-bond donors (Lipinski definition) is 1. The molecule has 1 heterocycles. The number of para-hydroxylation sites is 1. The van der Waals surface area contributed by atoms with E-state index in [0.29, 0.717) is 13.1 Å². The monoisotopic (exact) mass is 350 g/mol. The van der Waals surface area contributed by atoms with Crippen molar-refractivity contribution >= 4 is 17.5 Å². The molecule has 0 aromatic heterocycles. The van der Waals surface area contributed by atoms with Crippen molar-refractivity contribution in [2.24, 2.45) is 5.92 Å². The molecule has 0 spiro atoms. The fourth-order valence-corrected chi connectivity index (χ4v) is 3.53. The third-order valence-corrected chi connectivity index (χ3v) is 5.05. The van der Waals surface area contributed by atoms with Crippen molar-refractivity contribution in [3.63, 3.8) is 0 Å². The number of carbonyl (C=O) groups is 2. The van der Waals surface area contributed by atoms with Crippen LogP contribution in [0.4, 0.5) is 5.69 Å². The zero-order valence-electron chi connectivity index (χ0n) is 15.5. The standard InChI is InChI=1S/C22H26N2O2/c1-3-17-11-8-12-18(4-2)21(17)23-22(26)19-13-20(25)24(15-19)14-16-9-6-5-7-10-16/h5-12,19H,3-4,13-15H2,1-2H3,(H,23,26). The summed E-state index contributed by atoms with van der Waals surface area (Å²) in [5.41, 5.74) is 4.30. The number of carbonyl (C=O) groups excluding carboxylic acids is 2. The molecule has 1 atom stereocenters. The quantitative estimate of drug-likeness (QED) is 0.861. The fourth-order valence-electron chi connectivity index (χ4n) is 3.53. The summed E-state index contributed by atoms with van der Waals surface area (Å²) in [6, 6.07) is 16.0. The molecule has 3 rings (SSSR count). The van der Waals surface area contributed by atoms with Gasteiger partial charge in [0.2, 0.25) is 11.8 Å². The number of hydrogen-bond acceptors (Lipinski definition) is 2. The van der Waals surface area contributed by atoms with E-state index in [-0.39, 0.29) is 24.2 Å². The first kappa shape index (κ1) is 18.2. The molecule has 1 N–H and O–H groups in total. The van der Waals surface area contributed by atoms with Gasteiger partial charge in [0.15, 0.2) is 0 Å². The SMILES string of the molecule is CCc1cccc(CC)c1NC(=O)C1CC(=O)N(Cc2ccccc2)C1. The van der Waals surface area contributed by atoms with E-state index >= 15 is 0 Å². The summed E-state index contributed by atoms with van der Waals surface area (Å²) in [6.45, 7) is 5.22. The van der Waals surface area contributed by atoms with Crippen molar-refractivity contribution in [1.29, 1.82) is 0 Å². The van der Waals surface area contributed by atoms with E-state index in [1.807, 2.05) is 36.4 Å². The number of rotatable bonds is 6. The molecule has 0 aliphatic carbocycles. The second kappa shape index (κ2) is 8.17. The number of anilines is 1. The maximum absolute atomic E-state index is 12.8. The Morgan fingerprint density at radius 2 is 1.69 bits per heavy atom. The fraction of sp³-hybridized carbons (Fsp3) is 0.364. The predicted octanol–water partition coefficient (Wildman–Crippen LogP) is 3.80. The second-order valence-electron chi connectivity index (χ2n) is 6.81. The Morgan fingerprint density at radius 3 is 2.31 bits per heavy atom. The molecule has 4 nitrogen and oxygen atoms in total. The van der Waals surface area contributed by atoms with Crippen molar-refractivity contribution < 1.29 is 9.59 Å². The summed E-state index contributed by atoms with van der Waals surface area (Å²) in [7, 11) is 0. The van der Waals surface area contributed by atoms with E-state index in [9.17, 15) is 9.59 Å². The van der Waals surface area contributed by atoms with Crippen LogP contribution >= 0.6 is 0 Å². The predicted molar refractivity (Wildman–Crippen MR) is 104 cm³/mol. The molecular weight excluding hydrogens is 324 g/mol. The van der Waals surface area contributed by atoms with Gasteiger partial charge in [-0.25, -0.2) is 0 Å². The molecular formula is C22H26N2O2. The highest BCUT2D eigenvalue weighted by Crippen LogP contribution is 2.26. The van der Waals surface area contributed by atoms with Gasteiger partial charge >= 0.3 is 0 Å². The summed E-state index contributed by atoms with van der Waals surface area (Å²) < 4.78 is 0. The van der Waals surface area contributed by atoms with E-state index in [1.165, 1.54) is 0 Å². The van der Waals surface area contributed by atoms with Crippen molar-refractivity contribution in [3.05, 3.63) is 65.2 Å². The van der Waals surface area contributed by atoms with Gasteiger partial charge in [0, 0.05) is 25.2 Å². The average Bonchev–Trinajstić information content (AvgIpc) is 3.03. The first-order chi connectivity index (χ1) is 12.6. The Bertz CT molecular complexity index is 764. The van der Waals surface area contributed by atoms with Gasteiger partial charge in [0.05, 0.1) is 5.92 Å². The summed E-state index contributed by atoms with van der Waals surface area (Å²) in [6.07, 6.45) is 2.02. The van der Waals surface area contributed by atoms with Gasteiger partial charge in [-0.1, -0.05) is 62.4 Å². The summed E-state index contributed by atoms with van der Waals surface area (Å²) in [5.74, 6) is -0.293. The minimum absolute atomic E-state index is 0.0495. The van der Waals surface area contributed by atoms with E-state index in [4.69, 9.17) is 0 Å². The topological polar surface area (TPSA) is 49.4 Å². The van der Waals surface area contributed by atoms with E-state index in [2.05, 4.69) is 31.3 Å². The Labute approximate surface area is 155 Å². The van der Waals surface area contributed by atoms with Crippen LogP contribution in [0.15, 0.2) is 48.5 Å². The summed E-state index contributed by atoms with van der Waals surface area (Å²) >= 11 is 0. The number of amides is 2. The Kier molecular flexibility index (Phi) is 5.71. The molecule has 0 saturated carbocycles. The van der Waals surface area contributed by atoms with Crippen LogP contribution in [0.25, 0.3) is 0 Å². The number of aryl methyl sites for hydroxylation is 2. The molecule has 0 bridgehead atoms. The highest BCUT2D eigenvalue weighted by atomic mass is 16.2. The molecule has 2 aromatic rings. The Hall–Kier alpha value is -2.62. The summed E-state index contributed by atoms with van der Waals surface area (Å²) in [4.78, 5) is 26.9. The first-order valence-electron chi connectivity index (χ1n) is 9.35. The normalized spacial score (nSPS) is 16.8. The largest absolute Gasteiger partial charge is 0.338 e. The molecule has 1 saturated heterocycles. The maximum Gasteiger partial charge on any atom is 0.229 e. The van der Waals surface area contributed by atoms with Crippen LogP contribution in [-0.2, 0) is 29.0 Å². The smallest absolute Gasteiger partial charge is 0.229 e. The van der Waals surface area contributed by atoms with Crippen molar-refractivity contribution in [2.45, 2.75) is 39.7 Å². The molecule has 2 aromatic carbocycles. The second-order valence-corrected chi connectivity index (χ2v) is 6.81. The van der Waals surface area contributed by atoms with E-state index in [0.717, 1.165) is 35.2 Å². The average molecular weight is 350 g/mol. The zero-order valence-corrected chi connectivity index (χ0v) is 15.5. The maximum atomic E-state index is 12.8. The first-order valence-corrected chi connectivity index (χ1v) is 9.35. The number of nitrogens with one attached hydrogen (secondary N) is 1. The molecule has 1 fully saturated rings. The van der Waals surface area contributed by atoms with Crippen LogP contribution < -0.4 is 5.32 Å². The lowest BCUT2D eigenvalue weighted by Crippen LogP contribution is -2.28. The van der Waals surface area contributed by atoms with Crippen LogP contribution in [-0.4, -0.2) is 23.3 Å². The van der Waals surface area contributed by atoms with Gasteiger partial charge < -0.3 is 10.2 Å². The summed E-state index contributed by atoms with van der Waals surface area (Å²) in [5, 5.41) is 3.11. The van der Waals surface area contributed by atoms with Gasteiger partial charge in [0.1, 0.15) is 0 Å². The van der Waals surface area contributed by atoms with Gasteiger partial charge in [-0.3, -0.25) is 9.59 Å². The molecule has 1 aliphatic rings. The minimum Gasteiger partial charge on any atom is -0.338 e. The molecule has 26 heavy (non-hydrogen) atoms. The van der Waals surface area contributed by atoms with E-state index in [1.54, 1.807) is 4.90 Å². The molecule has 0 radical (unpaired) electrons. The van der Waals surface area contributed by atoms with Gasteiger partial charge in [0.25, 0.3) is 0 Å². The van der Waals surface area contributed by atoms with Crippen LogP contribution in [0.1, 0.15) is 37.0 Å². The highest BCUT2D eigenvalue weighted by molar-refractivity contribution is 5.98. The van der Waals surface area contributed by atoms with Crippen LogP contribution in [0.3, 0.4) is 0 Å². The lowest BCUT2D eigenvalue weighted by molar-refractivity contribution is -0.128. The number of likely N-dealkylation sites (tertiary alicyclic amines) is 1. The molecule has 2 amide bonds. The molecule has 136 valence electrons. The van der Waals surface area contributed by atoms with Crippen LogP contribution in [0.2, 0.25) is 0 Å². The lowest BCUT2D eigenvalue weighted by atomic mass is 10.0. The molecule has 1 unspecified atom stereocenters. The van der Waals surface area contributed by atoms with Crippen molar-refractivity contribution in [2.75, 3.05) is 11.9 Å². The highest BCUT2D eigenvalue weighted by Gasteiger charge is 2.34. The van der Waals surface area contributed by atoms with Gasteiger partial charge in [-0.15, -0.1) is 0 Å². The van der Waals surface area contributed by atoms with Crippen molar-refractivity contribution in [1.82, 2.24) is 4.90 Å². The molecule has 1 aliphatic heterocycles. The third-order valence-electron chi connectivity index (χ3n) is 5.05. The number of nitrogens with zero attached hydrogens (tertiary/aromatic N) is 1. The van der Waals surface area contributed by atoms with Gasteiger partial charge in [-0.2, -0.15) is 0 Å². The minimum atomic E-state index is -0.291. The number of benzene rings is 2. The Balaban J connectivity index is 1.69. The third kappa shape index (κ3) is 3.96. The lowest BCUT2D eigenvalue weighted by Gasteiger charge is -2.18. The molecule has 4 heteroatoms.